The molecule has 2 rings (SSSR count). The number of Topliss-reactive ketones (excluding diaryl/α,β-unsaturated/α-hetero) is 1. The van der Waals surface area contributed by atoms with Crippen molar-refractivity contribution in [2.75, 3.05) is 0 Å². The van der Waals surface area contributed by atoms with Crippen molar-refractivity contribution in [1.82, 2.24) is 0 Å². The molecular formula is C14H17NO2. The highest BCUT2D eigenvalue weighted by Crippen LogP contribution is 2.30. The molecule has 0 saturated heterocycles. The summed E-state index contributed by atoms with van der Waals surface area (Å²) in [7, 11) is 0. The molecule has 0 amide bonds. The number of carbonyl (C=O) groups is 1. The highest BCUT2D eigenvalue weighted by molar-refractivity contribution is 5.87. The first-order valence-electron chi connectivity index (χ1n) is 6.24. The van der Waals surface area contributed by atoms with Crippen molar-refractivity contribution in [1.29, 1.82) is 0 Å². The van der Waals surface area contributed by atoms with E-state index in [0.29, 0.717) is 0 Å². The molecule has 0 N–H and O–H groups in total. The Morgan fingerprint density at radius 2 is 1.76 bits per heavy atom. The number of rotatable bonds is 4. The molecule has 0 heterocycles. The number of hydrogen-bond acceptors (Lipinski definition) is 3. The normalized spacial score (nSPS) is 18.6. The molecule has 1 unspecified atom stereocenters. The van der Waals surface area contributed by atoms with Gasteiger partial charge in [-0.2, -0.15) is 0 Å². The van der Waals surface area contributed by atoms with Gasteiger partial charge in [0.25, 0.3) is 0 Å². The van der Waals surface area contributed by atoms with Crippen LogP contribution in [-0.2, 0) is 4.79 Å². The summed E-state index contributed by atoms with van der Waals surface area (Å²) in [4.78, 5) is 23.2. The third-order valence-electron chi connectivity index (χ3n) is 3.50. The molecule has 0 bridgehead atoms. The fourth-order valence-electron chi connectivity index (χ4n) is 2.52. The number of hydrogen-bond donors (Lipinski definition) is 0. The van der Waals surface area contributed by atoms with Crippen LogP contribution in [0.2, 0.25) is 0 Å². The number of nitrogens with zero attached hydrogens (tertiary/aromatic N) is 1. The van der Waals surface area contributed by atoms with Crippen LogP contribution in [0.3, 0.4) is 0 Å². The first kappa shape index (κ1) is 12.0. The molecule has 3 heteroatoms. The summed E-state index contributed by atoms with van der Waals surface area (Å²) in [5.74, 6) is 0.0394. The van der Waals surface area contributed by atoms with E-state index >= 15 is 0 Å². The minimum absolute atomic E-state index is 0.00546. The van der Waals surface area contributed by atoms with Gasteiger partial charge in [-0.3, -0.25) is 4.79 Å². The molecule has 0 aliphatic heterocycles. The molecule has 1 fully saturated rings. The Kier molecular flexibility index (Phi) is 4.02. The zero-order valence-corrected chi connectivity index (χ0v) is 9.84. The first-order chi connectivity index (χ1) is 8.33. The van der Waals surface area contributed by atoms with Gasteiger partial charge >= 0.3 is 0 Å². The molecule has 3 nitrogen and oxygen atoms in total. The Labute approximate surface area is 101 Å². The minimum atomic E-state index is -0.806. The molecule has 0 spiro atoms. The Morgan fingerprint density at radius 1 is 1.12 bits per heavy atom. The third-order valence-corrected chi connectivity index (χ3v) is 3.50. The van der Waals surface area contributed by atoms with Gasteiger partial charge in [-0.15, -0.1) is 4.91 Å². The minimum Gasteiger partial charge on any atom is -0.296 e. The van der Waals surface area contributed by atoms with Gasteiger partial charge in [0.05, 0.1) is 0 Å². The summed E-state index contributed by atoms with van der Waals surface area (Å²) in [5.41, 5.74) is 0.720. The van der Waals surface area contributed by atoms with Gasteiger partial charge in [0.2, 0.25) is 0 Å². The number of carbonyl (C=O) groups excluding carboxylic acids is 1. The highest BCUT2D eigenvalue weighted by atomic mass is 16.3. The molecule has 1 aliphatic carbocycles. The van der Waals surface area contributed by atoms with Crippen LogP contribution >= 0.6 is 0 Å². The standard InChI is InChI=1S/C14H17NO2/c16-14(12-9-5-2-6-10-12)13(15-17)11-7-3-1-4-8-11/h1,3-4,7-8,12-13H,2,5-6,9-10H2. The van der Waals surface area contributed by atoms with Crippen molar-refractivity contribution < 1.29 is 4.79 Å². The van der Waals surface area contributed by atoms with Crippen molar-refractivity contribution >= 4 is 5.78 Å². The fourth-order valence-corrected chi connectivity index (χ4v) is 2.52. The van der Waals surface area contributed by atoms with Gasteiger partial charge in [-0.1, -0.05) is 54.8 Å². The Hall–Kier alpha value is -1.51. The Balaban J connectivity index is 2.12. The second-order valence-corrected chi connectivity index (χ2v) is 4.66. The van der Waals surface area contributed by atoms with E-state index in [1.165, 1.54) is 6.42 Å². The lowest BCUT2D eigenvalue weighted by atomic mass is 9.82. The van der Waals surface area contributed by atoms with E-state index in [1.54, 1.807) is 12.1 Å². The van der Waals surface area contributed by atoms with Crippen LogP contribution < -0.4 is 0 Å². The molecule has 1 aliphatic rings. The van der Waals surface area contributed by atoms with Gasteiger partial charge in [0, 0.05) is 5.92 Å². The van der Waals surface area contributed by atoms with Gasteiger partial charge in [0.15, 0.2) is 11.8 Å². The summed E-state index contributed by atoms with van der Waals surface area (Å²) in [6, 6.07) is 8.33. The molecule has 1 aromatic rings. The third kappa shape index (κ3) is 2.78. The van der Waals surface area contributed by atoms with Gasteiger partial charge in [-0.25, -0.2) is 0 Å². The maximum Gasteiger partial charge on any atom is 0.175 e. The van der Waals surface area contributed by atoms with Crippen LogP contribution in [0, 0.1) is 10.8 Å². The zero-order chi connectivity index (χ0) is 12.1. The smallest absolute Gasteiger partial charge is 0.175 e. The Morgan fingerprint density at radius 3 is 2.35 bits per heavy atom. The predicted molar refractivity (Wildman–Crippen MR) is 66.6 cm³/mol. The molecule has 17 heavy (non-hydrogen) atoms. The van der Waals surface area contributed by atoms with Crippen LogP contribution in [0.1, 0.15) is 43.7 Å². The molecule has 0 radical (unpaired) electrons. The molecule has 1 saturated carbocycles. The van der Waals surface area contributed by atoms with Gasteiger partial charge < -0.3 is 0 Å². The monoisotopic (exact) mass is 231 g/mol. The number of nitroso groups, excluding NO2 is 1. The first-order valence-corrected chi connectivity index (χ1v) is 6.24. The topological polar surface area (TPSA) is 46.5 Å². The van der Waals surface area contributed by atoms with E-state index in [1.807, 2.05) is 18.2 Å². The van der Waals surface area contributed by atoms with Crippen LogP contribution in [0.15, 0.2) is 35.5 Å². The lowest BCUT2D eigenvalue weighted by Gasteiger charge is -2.22. The average Bonchev–Trinajstić information content (AvgIpc) is 2.42. The molecule has 1 aromatic carbocycles. The molecule has 90 valence electrons. The average molecular weight is 231 g/mol. The molecule has 1 atom stereocenters. The Bertz CT molecular complexity index is 382. The van der Waals surface area contributed by atoms with Crippen molar-refractivity contribution in [2.24, 2.45) is 11.1 Å². The summed E-state index contributed by atoms with van der Waals surface area (Å²) < 4.78 is 0. The van der Waals surface area contributed by atoms with Crippen LogP contribution in [-0.4, -0.2) is 5.78 Å². The van der Waals surface area contributed by atoms with Crippen molar-refractivity contribution in [2.45, 2.75) is 38.1 Å². The van der Waals surface area contributed by atoms with E-state index in [2.05, 4.69) is 5.18 Å². The summed E-state index contributed by atoms with van der Waals surface area (Å²) in [6.45, 7) is 0. The van der Waals surface area contributed by atoms with Crippen molar-refractivity contribution in [3.8, 4) is 0 Å². The second kappa shape index (κ2) is 5.71. The largest absolute Gasteiger partial charge is 0.296 e. The SMILES string of the molecule is O=NC(C(=O)C1CCCCC1)c1ccccc1. The van der Waals surface area contributed by atoms with E-state index < -0.39 is 6.04 Å². The molecule has 0 aromatic heterocycles. The maximum absolute atomic E-state index is 12.2. The zero-order valence-electron chi connectivity index (χ0n) is 9.84. The summed E-state index contributed by atoms with van der Waals surface area (Å²) >= 11 is 0. The van der Waals surface area contributed by atoms with Crippen molar-refractivity contribution in [3.63, 3.8) is 0 Å². The van der Waals surface area contributed by atoms with E-state index in [0.717, 1.165) is 31.2 Å². The predicted octanol–water partition coefficient (Wildman–Crippen LogP) is 3.64. The van der Waals surface area contributed by atoms with Crippen LogP contribution in [0.4, 0.5) is 0 Å². The summed E-state index contributed by atoms with van der Waals surface area (Å²) in [6.07, 6.45) is 5.22. The number of ketones is 1. The fraction of sp³-hybridized carbons (Fsp3) is 0.500. The van der Waals surface area contributed by atoms with E-state index in [4.69, 9.17) is 0 Å². The number of benzene rings is 1. The van der Waals surface area contributed by atoms with Gasteiger partial charge in [0.1, 0.15) is 0 Å². The lowest BCUT2D eigenvalue weighted by Crippen LogP contribution is -2.23. The highest BCUT2D eigenvalue weighted by Gasteiger charge is 2.29. The van der Waals surface area contributed by atoms with Gasteiger partial charge in [-0.05, 0) is 18.4 Å². The van der Waals surface area contributed by atoms with E-state index in [9.17, 15) is 9.70 Å². The second-order valence-electron chi connectivity index (χ2n) is 4.66. The summed E-state index contributed by atoms with van der Waals surface area (Å²) in [5, 5.41) is 3.03. The quantitative estimate of drug-likeness (QED) is 0.742. The maximum atomic E-state index is 12.2. The van der Waals surface area contributed by atoms with E-state index in [-0.39, 0.29) is 11.7 Å². The van der Waals surface area contributed by atoms with Crippen molar-refractivity contribution in [3.05, 3.63) is 40.8 Å². The van der Waals surface area contributed by atoms with Crippen LogP contribution in [0.25, 0.3) is 0 Å². The lowest BCUT2D eigenvalue weighted by molar-refractivity contribution is -0.125. The van der Waals surface area contributed by atoms with Crippen LogP contribution in [0.5, 0.6) is 0 Å². The molecular weight excluding hydrogens is 214 g/mol.